The summed E-state index contributed by atoms with van der Waals surface area (Å²) in [6, 6.07) is 0. The lowest BCUT2D eigenvalue weighted by Gasteiger charge is -2.41. The summed E-state index contributed by atoms with van der Waals surface area (Å²) in [4.78, 5) is 0. The van der Waals surface area contributed by atoms with Gasteiger partial charge in [-0.2, -0.15) is 0 Å². The predicted molar refractivity (Wildman–Crippen MR) is 72.1 cm³/mol. The minimum atomic E-state index is -0.352. The van der Waals surface area contributed by atoms with Crippen LogP contribution in [0.1, 0.15) is 66.2 Å². The Kier molecular flexibility index (Phi) is 5.94. The number of rotatable bonds is 6. The van der Waals surface area contributed by atoms with Gasteiger partial charge in [-0.25, -0.2) is 0 Å². The SMILES string of the molecule is CCOC(C)(CC)C(O)C1CCCC(CC)C1. The lowest BCUT2D eigenvalue weighted by atomic mass is 9.73. The minimum absolute atomic E-state index is 0.304. The molecule has 0 amide bonds. The fourth-order valence-electron chi connectivity index (χ4n) is 3.22. The molecule has 0 aromatic heterocycles. The summed E-state index contributed by atoms with van der Waals surface area (Å²) in [6.45, 7) is 9.14. The Morgan fingerprint density at radius 2 is 2.00 bits per heavy atom. The summed E-state index contributed by atoms with van der Waals surface area (Å²) in [5, 5.41) is 10.6. The van der Waals surface area contributed by atoms with Crippen molar-refractivity contribution in [2.24, 2.45) is 11.8 Å². The van der Waals surface area contributed by atoms with E-state index in [1.54, 1.807) is 0 Å². The smallest absolute Gasteiger partial charge is 0.0912 e. The highest BCUT2D eigenvalue weighted by molar-refractivity contribution is 4.90. The molecule has 1 fully saturated rings. The average Bonchev–Trinajstić information content (AvgIpc) is 2.38. The summed E-state index contributed by atoms with van der Waals surface area (Å²) in [5.74, 6) is 1.25. The molecule has 17 heavy (non-hydrogen) atoms. The molecule has 0 heterocycles. The van der Waals surface area contributed by atoms with Crippen LogP contribution in [0.2, 0.25) is 0 Å². The fourth-order valence-corrected chi connectivity index (χ4v) is 3.22. The Morgan fingerprint density at radius 3 is 2.53 bits per heavy atom. The highest BCUT2D eigenvalue weighted by Gasteiger charge is 2.39. The number of hydrogen-bond donors (Lipinski definition) is 1. The first kappa shape index (κ1) is 15.0. The quantitative estimate of drug-likeness (QED) is 0.768. The van der Waals surface area contributed by atoms with Crippen LogP contribution in [0, 0.1) is 11.8 Å². The molecular weight excluding hydrogens is 212 g/mol. The van der Waals surface area contributed by atoms with E-state index in [-0.39, 0.29) is 11.7 Å². The van der Waals surface area contributed by atoms with Crippen LogP contribution >= 0.6 is 0 Å². The first-order chi connectivity index (χ1) is 8.07. The van der Waals surface area contributed by atoms with E-state index < -0.39 is 0 Å². The maximum Gasteiger partial charge on any atom is 0.0912 e. The molecule has 1 rings (SSSR count). The Hall–Kier alpha value is -0.0800. The van der Waals surface area contributed by atoms with Crippen molar-refractivity contribution in [3.8, 4) is 0 Å². The number of aliphatic hydroxyl groups excluding tert-OH is 1. The Bertz CT molecular complexity index is 217. The van der Waals surface area contributed by atoms with Crippen molar-refractivity contribution in [2.75, 3.05) is 6.61 Å². The van der Waals surface area contributed by atoms with Gasteiger partial charge in [0.1, 0.15) is 0 Å². The molecule has 1 saturated carbocycles. The minimum Gasteiger partial charge on any atom is -0.390 e. The van der Waals surface area contributed by atoms with Gasteiger partial charge in [0.05, 0.1) is 11.7 Å². The Balaban J connectivity index is 2.63. The lowest BCUT2D eigenvalue weighted by Crippen LogP contribution is -2.47. The van der Waals surface area contributed by atoms with Crippen LogP contribution in [0.5, 0.6) is 0 Å². The van der Waals surface area contributed by atoms with Crippen molar-refractivity contribution in [3.63, 3.8) is 0 Å². The monoisotopic (exact) mass is 242 g/mol. The van der Waals surface area contributed by atoms with Crippen LogP contribution < -0.4 is 0 Å². The standard InChI is InChI=1S/C15H30O2/c1-5-12-9-8-10-13(11-12)14(16)15(4,6-2)17-7-3/h12-14,16H,5-11H2,1-4H3. The summed E-state index contributed by atoms with van der Waals surface area (Å²) in [6.07, 6.45) is 6.79. The van der Waals surface area contributed by atoms with E-state index >= 15 is 0 Å². The van der Waals surface area contributed by atoms with Crippen molar-refractivity contribution in [1.29, 1.82) is 0 Å². The lowest BCUT2D eigenvalue weighted by molar-refractivity contribution is -0.137. The number of ether oxygens (including phenoxy) is 1. The van der Waals surface area contributed by atoms with Crippen LogP contribution in [0.3, 0.4) is 0 Å². The molecule has 0 bridgehead atoms. The highest BCUT2D eigenvalue weighted by Crippen LogP contribution is 2.37. The third-order valence-electron chi connectivity index (χ3n) is 4.65. The van der Waals surface area contributed by atoms with Crippen molar-refractivity contribution in [2.45, 2.75) is 77.9 Å². The number of aliphatic hydroxyl groups is 1. The van der Waals surface area contributed by atoms with Gasteiger partial charge in [-0.15, -0.1) is 0 Å². The molecule has 0 radical (unpaired) electrons. The van der Waals surface area contributed by atoms with Crippen molar-refractivity contribution in [1.82, 2.24) is 0 Å². The molecule has 0 aromatic carbocycles. The van der Waals surface area contributed by atoms with Gasteiger partial charge in [-0.1, -0.05) is 33.1 Å². The Labute approximate surface area is 107 Å². The largest absolute Gasteiger partial charge is 0.390 e. The molecule has 1 N–H and O–H groups in total. The number of hydrogen-bond acceptors (Lipinski definition) is 2. The zero-order valence-electron chi connectivity index (χ0n) is 12.0. The fraction of sp³-hybridized carbons (Fsp3) is 1.00. The molecule has 0 saturated heterocycles. The molecule has 1 aliphatic rings. The molecule has 0 aromatic rings. The van der Waals surface area contributed by atoms with Crippen molar-refractivity contribution >= 4 is 0 Å². The van der Waals surface area contributed by atoms with E-state index in [1.807, 2.05) is 6.92 Å². The molecule has 102 valence electrons. The second kappa shape index (κ2) is 6.75. The summed E-state index contributed by atoms with van der Waals surface area (Å²) >= 11 is 0. The first-order valence-electron chi connectivity index (χ1n) is 7.39. The zero-order valence-corrected chi connectivity index (χ0v) is 12.0. The second-order valence-corrected chi connectivity index (χ2v) is 5.75. The van der Waals surface area contributed by atoms with Crippen LogP contribution in [0.15, 0.2) is 0 Å². The normalized spacial score (nSPS) is 30.9. The second-order valence-electron chi connectivity index (χ2n) is 5.75. The van der Waals surface area contributed by atoms with Gasteiger partial charge in [0, 0.05) is 6.61 Å². The van der Waals surface area contributed by atoms with E-state index in [1.165, 1.54) is 32.1 Å². The van der Waals surface area contributed by atoms with Gasteiger partial charge in [-0.3, -0.25) is 0 Å². The van der Waals surface area contributed by atoms with Gasteiger partial charge in [0.25, 0.3) is 0 Å². The summed E-state index contributed by atoms with van der Waals surface area (Å²) in [5.41, 5.74) is -0.352. The van der Waals surface area contributed by atoms with E-state index in [9.17, 15) is 5.11 Å². The van der Waals surface area contributed by atoms with E-state index in [0.717, 1.165) is 12.3 Å². The van der Waals surface area contributed by atoms with Crippen LogP contribution in [0.25, 0.3) is 0 Å². The van der Waals surface area contributed by atoms with Gasteiger partial charge < -0.3 is 9.84 Å². The van der Waals surface area contributed by atoms with Gasteiger partial charge in [0.15, 0.2) is 0 Å². The van der Waals surface area contributed by atoms with Gasteiger partial charge in [0.2, 0.25) is 0 Å². The summed E-state index contributed by atoms with van der Waals surface area (Å²) < 4.78 is 5.81. The van der Waals surface area contributed by atoms with Crippen molar-refractivity contribution < 1.29 is 9.84 Å². The molecule has 1 aliphatic carbocycles. The molecule has 0 spiro atoms. The molecule has 4 atom stereocenters. The molecule has 0 aliphatic heterocycles. The predicted octanol–water partition coefficient (Wildman–Crippen LogP) is 3.77. The maximum absolute atomic E-state index is 10.6. The first-order valence-corrected chi connectivity index (χ1v) is 7.39. The summed E-state index contributed by atoms with van der Waals surface area (Å²) in [7, 11) is 0. The third kappa shape index (κ3) is 3.69. The van der Waals surface area contributed by atoms with Crippen molar-refractivity contribution in [3.05, 3.63) is 0 Å². The van der Waals surface area contributed by atoms with E-state index in [2.05, 4.69) is 20.8 Å². The van der Waals surface area contributed by atoms with E-state index in [0.29, 0.717) is 12.5 Å². The maximum atomic E-state index is 10.6. The molecular formula is C15H30O2. The van der Waals surface area contributed by atoms with Gasteiger partial charge in [-0.05, 0) is 44.9 Å². The third-order valence-corrected chi connectivity index (χ3v) is 4.65. The molecule has 2 nitrogen and oxygen atoms in total. The van der Waals surface area contributed by atoms with Crippen LogP contribution in [-0.4, -0.2) is 23.4 Å². The Morgan fingerprint density at radius 1 is 1.29 bits per heavy atom. The topological polar surface area (TPSA) is 29.5 Å². The average molecular weight is 242 g/mol. The van der Waals surface area contributed by atoms with E-state index in [4.69, 9.17) is 4.74 Å². The molecule has 4 unspecified atom stereocenters. The van der Waals surface area contributed by atoms with Crippen LogP contribution in [0.4, 0.5) is 0 Å². The highest BCUT2D eigenvalue weighted by atomic mass is 16.5. The van der Waals surface area contributed by atoms with Gasteiger partial charge >= 0.3 is 0 Å². The van der Waals surface area contributed by atoms with Crippen LogP contribution in [-0.2, 0) is 4.74 Å². The zero-order chi connectivity index (χ0) is 12.9. The molecule has 2 heteroatoms.